The summed E-state index contributed by atoms with van der Waals surface area (Å²) in [7, 11) is 0. The molecule has 66 valence electrons. The van der Waals surface area contributed by atoms with Gasteiger partial charge >= 0.3 is 6.09 Å². The summed E-state index contributed by atoms with van der Waals surface area (Å²) < 4.78 is 4.70. The number of alkyl carbamates (subject to hydrolysis) is 1. The highest BCUT2D eigenvalue weighted by Crippen LogP contribution is 1.88. The van der Waals surface area contributed by atoms with E-state index in [1.54, 1.807) is 6.92 Å². The fourth-order valence-electron chi connectivity index (χ4n) is 0.489. The molecule has 4 heteroatoms. The van der Waals surface area contributed by atoms with Gasteiger partial charge in [0.15, 0.2) is 0 Å². The molecule has 0 aliphatic rings. The molecule has 0 radical (unpaired) electrons. The zero-order valence-electron chi connectivity index (χ0n) is 6.96. The average molecular weight is 161 g/mol. The molecule has 11 heavy (non-hydrogen) atoms. The number of aliphatic hydroxyl groups excluding tert-OH is 1. The fourth-order valence-corrected chi connectivity index (χ4v) is 0.489. The van der Waals surface area contributed by atoms with Gasteiger partial charge in [-0.25, -0.2) is 4.79 Å². The van der Waals surface area contributed by atoms with E-state index in [-0.39, 0.29) is 6.61 Å². The van der Waals surface area contributed by atoms with Gasteiger partial charge in [0.2, 0.25) is 0 Å². The number of carbonyl (C=O) groups is 1. The third kappa shape index (κ3) is 5.66. The summed E-state index contributed by atoms with van der Waals surface area (Å²) in [5.41, 5.74) is 0. The topological polar surface area (TPSA) is 58.6 Å². The Kier molecular flexibility index (Phi) is 5.56. The van der Waals surface area contributed by atoms with E-state index in [4.69, 9.17) is 9.84 Å². The van der Waals surface area contributed by atoms with Crippen molar-refractivity contribution >= 4 is 6.09 Å². The second-order valence-electron chi connectivity index (χ2n) is 2.33. The smallest absolute Gasteiger partial charge is 0.407 e. The number of aliphatic hydroxyl groups is 1. The Hall–Kier alpha value is -0.770. The van der Waals surface area contributed by atoms with Crippen molar-refractivity contribution in [2.24, 2.45) is 0 Å². The number of rotatable bonds is 4. The van der Waals surface area contributed by atoms with Gasteiger partial charge in [0, 0.05) is 6.54 Å². The van der Waals surface area contributed by atoms with Crippen LogP contribution in [0.5, 0.6) is 0 Å². The molecule has 0 aromatic carbocycles. The van der Waals surface area contributed by atoms with Gasteiger partial charge in [-0.2, -0.15) is 0 Å². The van der Waals surface area contributed by atoms with E-state index < -0.39 is 12.2 Å². The second kappa shape index (κ2) is 5.97. The first-order valence-electron chi connectivity index (χ1n) is 3.76. The first kappa shape index (κ1) is 10.2. The molecular formula is C7H15NO3. The van der Waals surface area contributed by atoms with Gasteiger partial charge in [-0.3, -0.25) is 0 Å². The first-order valence-corrected chi connectivity index (χ1v) is 3.76. The highest BCUT2D eigenvalue weighted by Gasteiger charge is 2.05. The third-order valence-corrected chi connectivity index (χ3v) is 1.08. The molecule has 0 saturated heterocycles. The zero-order valence-corrected chi connectivity index (χ0v) is 6.96. The standard InChI is InChI=1S/C7H15NO3/c1-3-4-8-7(10)11-6(2)5-9/h6,9H,3-5H2,1-2H3,(H,8,10). The highest BCUT2D eigenvalue weighted by atomic mass is 16.6. The van der Waals surface area contributed by atoms with E-state index in [1.165, 1.54) is 0 Å². The van der Waals surface area contributed by atoms with Crippen LogP contribution in [0.4, 0.5) is 4.79 Å². The highest BCUT2D eigenvalue weighted by molar-refractivity contribution is 5.67. The maximum absolute atomic E-state index is 10.7. The maximum atomic E-state index is 10.7. The monoisotopic (exact) mass is 161 g/mol. The maximum Gasteiger partial charge on any atom is 0.407 e. The lowest BCUT2D eigenvalue weighted by atomic mass is 10.4. The second-order valence-corrected chi connectivity index (χ2v) is 2.33. The lowest BCUT2D eigenvalue weighted by Crippen LogP contribution is -2.29. The molecule has 0 aliphatic carbocycles. The molecule has 0 rings (SSSR count). The Bertz CT molecular complexity index is 116. The lowest BCUT2D eigenvalue weighted by molar-refractivity contribution is 0.0681. The number of hydrogen-bond acceptors (Lipinski definition) is 3. The quantitative estimate of drug-likeness (QED) is 0.631. The van der Waals surface area contributed by atoms with E-state index in [9.17, 15) is 4.79 Å². The van der Waals surface area contributed by atoms with Gasteiger partial charge < -0.3 is 15.2 Å². The van der Waals surface area contributed by atoms with E-state index in [2.05, 4.69) is 5.32 Å². The van der Waals surface area contributed by atoms with Gasteiger partial charge in [0.05, 0.1) is 6.61 Å². The van der Waals surface area contributed by atoms with Crippen LogP contribution >= 0.6 is 0 Å². The van der Waals surface area contributed by atoms with Crippen molar-refractivity contribution in [2.45, 2.75) is 26.4 Å². The Morgan fingerprint density at radius 1 is 1.73 bits per heavy atom. The van der Waals surface area contributed by atoms with E-state index in [1.807, 2.05) is 6.92 Å². The number of ether oxygens (including phenoxy) is 1. The van der Waals surface area contributed by atoms with Crippen LogP contribution in [-0.4, -0.2) is 30.5 Å². The minimum absolute atomic E-state index is 0.139. The van der Waals surface area contributed by atoms with Crippen LogP contribution < -0.4 is 5.32 Å². The summed E-state index contributed by atoms with van der Waals surface area (Å²) in [6.45, 7) is 4.05. The molecule has 2 N–H and O–H groups in total. The zero-order chi connectivity index (χ0) is 8.69. The summed E-state index contributed by atoms with van der Waals surface area (Å²) in [5.74, 6) is 0. The van der Waals surface area contributed by atoms with E-state index >= 15 is 0 Å². The molecule has 0 heterocycles. The summed E-state index contributed by atoms with van der Waals surface area (Å²) >= 11 is 0. The predicted octanol–water partition coefficient (Wildman–Crippen LogP) is 0.503. The number of carbonyl (C=O) groups excluding carboxylic acids is 1. The molecule has 1 amide bonds. The van der Waals surface area contributed by atoms with E-state index in [0.29, 0.717) is 6.54 Å². The average Bonchev–Trinajstić information content (AvgIpc) is 2.00. The van der Waals surface area contributed by atoms with Crippen LogP contribution in [0, 0.1) is 0 Å². The fraction of sp³-hybridized carbons (Fsp3) is 0.857. The summed E-state index contributed by atoms with van der Waals surface area (Å²) in [4.78, 5) is 10.7. The minimum Gasteiger partial charge on any atom is -0.444 e. The molecule has 0 spiro atoms. The van der Waals surface area contributed by atoms with Crippen molar-refractivity contribution in [2.75, 3.05) is 13.2 Å². The SMILES string of the molecule is CCCNC(=O)OC(C)CO. The van der Waals surface area contributed by atoms with Crippen molar-refractivity contribution in [3.05, 3.63) is 0 Å². The van der Waals surface area contributed by atoms with Crippen molar-refractivity contribution in [3.8, 4) is 0 Å². The molecule has 4 nitrogen and oxygen atoms in total. The summed E-state index contributed by atoms with van der Waals surface area (Å²) in [6.07, 6.45) is -0.0111. The molecule has 0 bridgehead atoms. The molecular weight excluding hydrogens is 146 g/mol. The predicted molar refractivity (Wildman–Crippen MR) is 41.3 cm³/mol. The Balaban J connectivity index is 3.36. The molecule has 0 fully saturated rings. The van der Waals surface area contributed by atoms with Crippen LogP contribution in [0.25, 0.3) is 0 Å². The van der Waals surface area contributed by atoms with Crippen LogP contribution in [0.3, 0.4) is 0 Å². The lowest BCUT2D eigenvalue weighted by Gasteiger charge is -2.10. The van der Waals surface area contributed by atoms with Crippen LogP contribution in [0.1, 0.15) is 20.3 Å². The normalized spacial score (nSPS) is 12.3. The van der Waals surface area contributed by atoms with E-state index in [0.717, 1.165) is 6.42 Å². The van der Waals surface area contributed by atoms with Crippen molar-refractivity contribution in [1.29, 1.82) is 0 Å². The van der Waals surface area contributed by atoms with Gasteiger partial charge in [0.1, 0.15) is 6.10 Å². The van der Waals surface area contributed by atoms with Crippen LogP contribution in [0.2, 0.25) is 0 Å². The van der Waals surface area contributed by atoms with Gasteiger partial charge in [0.25, 0.3) is 0 Å². The summed E-state index contributed by atoms with van der Waals surface area (Å²) in [6, 6.07) is 0. The number of amides is 1. The largest absolute Gasteiger partial charge is 0.444 e. The number of hydrogen-bond donors (Lipinski definition) is 2. The van der Waals surface area contributed by atoms with Crippen LogP contribution in [0.15, 0.2) is 0 Å². The minimum atomic E-state index is -0.464. The number of nitrogens with one attached hydrogen (secondary N) is 1. The van der Waals surface area contributed by atoms with Crippen molar-refractivity contribution < 1.29 is 14.6 Å². The molecule has 0 aromatic rings. The van der Waals surface area contributed by atoms with Gasteiger partial charge in [-0.1, -0.05) is 6.92 Å². The molecule has 0 aromatic heterocycles. The molecule has 1 atom stereocenters. The van der Waals surface area contributed by atoms with Crippen LogP contribution in [-0.2, 0) is 4.74 Å². The Morgan fingerprint density at radius 2 is 2.36 bits per heavy atom. The summed E-state index contributed by atoms with van der Waals surface area (Å²) in [5, 5.41) is 11.0. The molecule has 0 saturated carbocycles. The van der Waals surface area contributed by atoms with Gasteiger partial charge in [-0.05, 0) is 13.3 Å². The Labute approximate surface area is 66.5 Å². The Morgan fingerprint density at radius 3 is 2.82 bits per heavy atom. The molecule has 1 unspecified atom stereocenters. The van der Waals surface area contributed by atoms with Crippen molar-refractivity contribution in [1.82, 2.24) is 5.32 Å². The third-order valence-electron chi connectivity index (χ3n) is 1.08. The van der Waals surface area contributed by atoms with Gasteiger partial charge in [-0.15, -0.1) is 0 Å². The molecule has 0 aliphatic heterocycles. The first-order chi connectivity index (χ1) is 5.20. The van der Waals surface area contributed by atoms with Crippen molar-refractivity contribution in [3.63, 3.8) is 0 Å².